The summed E-state index contributed by atoms with van der Waals surface area (Å²) in [5.41, 5.74) is 0.486. The van der Waals surface area contributed by atoms with E-state index < -0.39 is 18.1 Å². The van der Waals surface area contributed by atoms with Crippen LogP contribution in [0.4, 0.5) is 0 Å². The summed E-state index contributed by atoms with van der Waals surface area (Å²) in [5.74, 6) is -1.40. The van der Waals surface area contributed by atoms with Gasteiger partial charge in [-0.1, -0.05) is 0 Å². The van der Waals surface area contributed by atoms with Gasteiger partial charge in [0.25, 0.3) is 5.91 Å². The Morgan fingerprint density at radius 2 is 2.24 bits per heavy atom. The molecule has 0 aromatic carbocycles. The number of aliphatic carboxylic acids is 1. The lowest BCUT2D eigenvalue weighted by Gasteiger charge is -2.20. The first-order valence-corrected chi connectivity index (χ1v) is 6.90. The molecule has 2 rings (SSSR count). The van der Waals surface area contributed by atoms with E-state index in [1.807, 2.05) is 0 Å². The zero-order chi connectivity index (χ0) is 12.6. The predicted octanol–water partition coefficient (Wildman–Crippen LogP) is 1.01. The third kappa shape index (κ3) is 2.61. The Kier molecular flexibility index (Phi) is 3.69. The highest BCUT2D eigenvalue weighted by molar-refractivity contribution is 14.1. The van der Waals surface area contributed by atoms with Gasteiger partial charge in [0.05, 0.1) is 14.6 Å². The van der Waals surface area contributed by atoms with Crippen molar-refractivity contribution in [3.63, 3.8) is 0 Å². The summed E-state index contributed by atoms with van der Waals surface area (Å²) >= 11 is 3.53. The summed E-state index contributed by atoms with van der Waals surface area (Å²) in [6.07, 6.45) is -0.653. The van der Waals surface area contributed by atoms with Crippen molar-refractivity contribution >= 4 is 45.8 Å². The highest BCUT2D eigenvalue weighted by Crippen LogP contribution is 2.24. The largest absolute Gasteiger partial charge is 0.480 e. The zero-order valence-electron chi connectivity index (χ0n) is 8.67. The number of amides is 1. The van der Waals surface area contributed by atoms with Crippen LogP contribution in [0.15, 0.2) is 11.4 Å². The Bertz CT molecular complexity index is 461. The first-order chi connectivity index (χ1) is 7.99. The number of carboxylic acid groups (broad SMARTS) is 1. The minimum atomic E-state index is -1.07. The fraction of sp³-hybridized carbons (Fsp3) is 0.400. The number of thiophene rings is 1. The molecule has 1 aliphatic rings. The molecule has 0 aliphatic carbocycles. The minimum absolute atomic E-state index is 0.0855. The fourth-order valence-corrected chi connectivity index (χ4v) is 3.18. The van der Waals surface area contributed by atoms with Gasteiger partial charge in [-0.25, -0.2) is 4.79 Å². The summed E-state index contributed by atoms with van der Waals surface area (Å²) in [5, 5.41) is 20.2. The number of carbonyl (C=O) groups excluding carboxylic acids is 1. The summed E-state index contributed by atoms with van der Waals surface area (Å²) < 4.78 is 0.970. The molecule has 1 aromatic heterocycles. The van der Waals surface area contributed by atoms with Crippen molar-refractivity contribution in [1.29, 1.82) is 0 Å². The molecule has 0 unspecified atom stereocenters. The molecule has 0 saturated carbocycles. The summed E-state index contributed by atoms with van der Waals surface area (Å²) in [4.78, 5) is 24.3. The van der Waals surface area contributed by atoms with Crippen LogP contribution in [0.25, 0.3) is 0 Å². The molecule has 2 atom stereocenters. The number of aliphatic hydroxyl groups is 1. The lowest BCUT2D eigenvalue weighted by molar-refractivity contribution is -0.141. The molecule has 1 fully saturated rings. The molecule has 1 aromatic rings. The van der Waals surface area contributed by atoms with Crippen LogP contribution < -0.4 is 0 Å². The van der Waals surface area contributed by atoms with Crippen LogP contribution >= 0.6 is 33.9 Å². The van der Waals surface area contributed by atoms with Gasteiger partial charge in [-0.2, -0.15) is 0 Å². The van der Waals surface area contributed by atoms with E-state index in [0.29, 0.717) is 5.56 Å². The van der Waals surface area contributed by atoms with Crippen molar-refractivity contribution in [2.45, 2.75) is 18.6 Å². The van der Waals surface area contributed by atoms with E-state index in [9.17, 15) is 14.7 Å². The summed E-state index contributed by atoms with van der Waals surface area (Å²) in [7, 11) is 0. The van der Waals surface area contributed by atoms with Crippen molar-refractivity contribution < 1.29 is 19.8 Å². The van der Waals surface area contributed by atoms with Crippen molar-refractivity contribution in [2.24, 2.45) is 0 Å². The third-order valence-electron chi connectivity index (χ3n) is 2.64. The van der Waals surface area contributed by atoms with Gasteiger partial charge in [-0.3, -0.25) is 4.79 Å². The lowest BCUT2D eigenvalue weighted by atomic mass is 10.2. The van der Waals surface area contributed by atoms with Gasteiger partial charge in [0.2, 0.25) is 0 Å². The van der Waals surface area contributed by atoms with E-state index in [-0.39, 0.29) is 18.9 Å². The second-order valence-electron chi connectivity index (χ2n) is 3.84. The number of carbonyl (C=O) groups is 2. The monoisotopic (exact) mass is 367 g/mol. The van der Waals surface area contributed by atoms with Gasteiger partial charge < -0.3 is 15.1 Å². The molecular formula is C10H10INO4S. The molecule has 17 heavy (non-hydrogen) atoms. The van der Waals surface area contributed by atoms with Crippen LogP contribution in [0.2, 0.25) is 0 Å². The summed E-state index contributed by atoms with van der Waals surface area (Å²) in [6.45, 7) is 0.0855. The predicted molar refractivity (Wildman–Crippen MR) is 70.1 cm³/mol. The Balaban J connectivity index is 2.21. The maximum absolute atomic E-state index is 12.1. The fourth-order valence-electron chi connectivity index (χ4n) is 1.86. The molecule has 0 bridgehead atoms. The minimum Gasteiger partial charge on any atom is -0.480 e. The average Bonchev–Trinajstić information content (AvgIpc) is 2.83. The van der Waals surface area contributed by atoms with E-state index in [1.165, 1.54) is 16.2 Å². The summed E-state index contributed by atoms with van der Waals surface area (Å²) in [6, 6.07) is 0.798. The van der Waals surface area contributed by atoms with Crippen LogP contribution in [-0.4, -0.2) is 45.7 Å². The lowest BCUT2D eigenvalue weighted by Crippen LogP contribution is -2.40. The molecule has 1 amide bonds. The van der Waals surface area contributed by atoms with Crippen LogP contribution in [0.5, 0.6) is 0 Å². The van der Waals surface area contributed by atoms with Crippen LogP contribution in [0, 0.1) is 2.88 Å². The third-order valence-corrected chi connectivity index (χ3v) is 4.43. The van der Waals surface area contributed by atoms with Crippen molar-refractivity contribution in [1.82, 2.24) is 4.90 Å². The van der Waals surface area contributed by atoms with Gasteiger partial charge in [0.1, 0.15) is 6.04 Å². The van der Waals surface area contributed by atoms with Crippen LogP contribution in [0.1, 0.15) is 16.8 Å². The molecule has 5 nitrogen and oxygen atoms in total. The number of hydrogen-bond donors (Lipinski definition) is 2. The van der Waals surface area contributed by atoms with E-state index in [1.54, 1.807) is 11.4 Å². The molecular weight excluding hydrogens is 357 g/mol. The first kappa shape index (κ1) is 12.8. The highest BCUT2D eigenvalue weighted by Gasteiger charge is 2.39. The zero-order valence-corrected chi connectivity index (χ0v) is 11.6. The van der Waals surface area contributed by atoms with E-state index in [0.717, 1.165) is 2.88 Å². The van der Waals surface area contributed by atoms with Crippen molar-refractivity contribution in [3.8, 4) is 0 Å². The number of rotatable bonds is 2. The SMILES string of the molecule is O=C(O)[C@@H]1C[C@@H](O)CN1C(=O)c1csc(I)c1. The van der Waals surface area contributed by atoms with E-state index in [2.05, 4.69) is 22.6 Å². The van der Waals surface area contributed by atoms with Gasteiger partial charge in [0, 0.05) is 18.3 Å². The van der Waals surface area contributed by atoms with E-state index >= 15 is 0 Å². The maximum Gasteiger partial charge on any atom is 0.326 e. The van der Waals surface area contributed by atoms with Crippen LogP contribution in [-0.2, 0) is 4.79 Å². The molecule has 7 heteroatoms. The highest BCUT2D eigenvalue weighted by atomic mass is 127. The molecule has 2 heterocycles. The Hall–Kier alpha value is -0.670. The average molecular weight is 367 g/mol. The number of β-amino-alcohol motifs (C(OH)–C–C–N with tert-alkyl or cyclic N) is 1. The smallest absolute Gasteiger partial charge is 0.326 e. The van der Waals surface area contributed by atoms with Gasteiger partial charge >= 0.3 is 5.97 Å². The second kappa shape index (κ2) is 4.91. The standard InChI is InChI=1S/C10H10INO4S/c11-8-1-5(4-17-8)9(14)12-3-6(13)2-7(12)10(15)16/h1,4,6-7,13H,2-3H2,(H,15,16)/t6-,7+/m1/s1. The topological polar surface area (TPSA) is 77.8 Å². The Morgan fingerprint density at radius 3 is 2.76 bits per heavy atom. The number of halogens is 1. The van der Waals surface area contributed by atoms with Crippen molar-refractivity contribution in [2.75, 3.05) is 6.54 Å². The quantitative estimate of drug-likeness (QED) is 0.765. The second-order valence-corrected chi connectivity index (χ2v) is 6.65. The van der Waals surface area contributed by atoms with Crippen molar-refractivity contribution in [3.05, 3.63) is 19.9 Å². The van der Waals surface area contributed by atoms with E-state index in [4.69, 9.17) is 5.11 Å². The first-order valence-electron chi connectivity index (χ1n) is 4.95. The number of hydrogen-bond acceptors (Lipinski definition) is 4. The van der Waals surface area contributed by atoms with Gasteiger partial charge in [-0.15, -0.1) is 11.3 Å². The van der Waals surface area contributed by atoms with Crippen LogP contribution in [0.3, 0.4) is 0 Å². The number of likely N-dealkylation sites (tertiary alicyclic amines) is 1. The Morgan fingerprint density at radius 1 is 1.53 bits per heavy atom. The normalized spacial score (nSPS) is 24.0. The number of aliphatic hydroxyl groups excluding tert-OH is 1. The Labute approximate surface area is 115 Å². The molecule has 1 aliphatic heterocycles. The number of nitrogens with zero attached hydrogens (tertiary/aromatic N) is 1. The maximum atomic E-state index is 12.1. The van der Waals surface area contributed by atoms with Gasteiger partial charge in [0.15, 0.2) is 0 Å². The molecule has 92 valence electrons. The molecule has 2 N–H and O–H groups in total. The molecule has 0 spiro atoms. The molecule has 0 radical (unpaired) electrons. The van der Waals surface area contributed by atoms with Gasteiger partial charge in [-0.05, 0) is 28.7 Å². The number of carboxylic acids is 1. The molecule has 1 saturated heterocycles.